The molecule has 1 amide bonds. The van der Waals surface area contributed by atoms with Gasteiger partial charge in [0.2, 0.25) is 0 Å². The Morgan fingerprint density at radius 1 is 0.745 bits per heavy atom. The molecule has 4 aromatic heterocycles. The molecule has 0 radical (unpaired) electrons. The molecular weight excluding hydrogens is 737 g/mol. The van der Waals surface area contributed by atoms with E-state index in [0.29, 0.717) is 50.7 Å². The highest BCUT2D eigenvalue weighted by Gasteiger charge is 2.21. The summed E-state index contributed by atoms with van der Waals surface area (Å²) in [5, 5.41) is 14.2. The van der Waals surface area contributed by atoms with Crippen LogP contribution in [0, 0.1) is 13.8 Å². The van der Waals surface area contributed by atoms with E-state index in [1.54, 1.807) is 41.2 Å². The third-order valence-corrected chi connectivity index (χ3v) is 11.4. The molecule has 288 valence electrons. The van der Waals surface area contributed by atoms with Crippen molar-refractivity contribution in [1.82, 2.24) is 29.1 Å². The summed E-state index contributed by atoms with van der Waals surface area (Å²) in [4.78, 5) is 68.8. The fraction of sp³-hybridized carbons (Fsp3) is 0.400. The van der Waals surface area contributed by atoms with Gasteiger partial charge in [0, 0.05) is 52.6 Å². The Hall–Kier alpha value is -5.28. The number of aromatic carboxylic acids is 1. The Morgan fingerprint density at radius 2 is 1.25 bits per heavy atom. The van der Waals surface area contributed by atoms with Gasteiger partial charge in [-0.2, -0.15) is 0 Å². The molecule has 0 bridgehead atoms. The fourth-order valence-electron chi connectivity index (χ4n) is 6.94. The van der Waals surface area contributed by atoms with E-state index in [1.165, 1.54) is 34.8 Å². The van der Waals surface area contributed by atoms with Gasteiger partial charge in [0.1, 0.15) is 11.6 Å². The molecule has 0 aliphatic carbocycles. The number of aromatic nitrogens is 6. The second kappa shape index (κ2) is 17.5. The van der Waals surface area contributed by atoms with Gasteiger partial charge in [-0.25, -0.2) is 24.7 Å². The molecule has 0 saturated carbocycles. The number of thiazole rings is 2. The monoisotopic (exact) mass is 782 g/mol. The number of anilines is 2. The van der Waals surface area contributed by atoms with Crippen molar-refractivity contribution in [1.29, 1.82) is 0 Å². The SMILES string of the molecule is CC1CCCCCn2c1nc1cc(C(=O)O)ccc1c2=O.Cc1cnc(N)s1.Cc1cnc(NC(=O)c2ccc3c(=O)n4c(nc3c2)C(C)CCCCC4)s1. The van der Waals surface area contributed by atoms with Gasteiger partial charge in [-0.15, -0.1) is 22.7 Å². The molecule has 0 spiro atoms. The number of hydrogen-bond acceptors (Lipinski definition) is 11. The molecule has 6 aromatic rings. The highest BCUT2D eigenvalue weighted by Crippen LogP contribution is 2.26. The minimum atomic E-state index is -1.00. The summed E-state index contributed by atoms with van der Waals surface area (Å²) >= 11 is 2.94. The van der Waals surface area contributed by atoms with E-state index in [9.17, 15) is 19.2 Å². The molecule has 8 rings (SSSR count). The summed E-state index contributed by atoms with van der Waals surface area (Å²) in [5.41, 5.74) is 6.93. The van der Waals surface area contributed by atoms with Crippen LogP contribution in [0.3, 0.4) is 0 Å². The number of rotatable bonds is 3. The highest BCUT2D eigenvalue weighted by molar-refractivity contribution is 7.15. The van der Waals surface area contributed by atoms with Crippen LogP contribution in [-0.2, 0) is 13.1 Å². The molecule has 0 saturated heterocycles. The Balaban J connectivity index is 0.000000162. The maximum atomic E-state index is 13.0. The standard InChI is InChI=1S/C20H22N4O2S.C16H18N2O3.C4H6N2S/c1-12-6-4-3-5-9-24-17(12)22-16-10-14(7-8-15(16)19(24)26)18(25)23-20-21-11-13(2)27-20;1-10-5-3-2-4-8-18-14(10)17-13-9-11(16(20)21)6-7-12(13)15(18)19;1-3-2-6-4(5)7-3/h7-8,10-12H,3-6,9H2,1-2H3,(H,21,23,25);6-7,9-10H,2-5,8H2,1H3,(H,20,21);2H,1H3,(H2,5,6). The zero-order valence-electron chi connectivity index (χ0n) is 31.5. The van der Waals surface area contributed by atoms with Crippen molar-refractivity contribution in [3.63, 3.8) is 0 Å². The van der Waals surface area contributed by atoms with Gasteiger partial charge in [0.05, 0.1) is 27.4 Å². The fourth-order valence-corrected chi connectivity index (χ4v) is 8.14. The Kier molecular flexibility index (Phi) is 12.5. The van der Waals surface area contributed by atoms with Gasteiger partial charge in [-0.1, -0.05) is 39.5 Å². The molecule has 15 heteroatoms. The van der Waals surface area contributed by atoms with Crippen LogP contribution in [0.5, 0.6) is 0 Å². The molecule has 55 heavy (non-hydrogen) atoms. The van der Waals surface area contributed by atoms with Crippen molar-refractivity contribution in [3.8, 4) is 0 Å². The van der Waals surface area contributed by atoms with Gasteiger partial charge >= 0.3 is 5.97 Å². The average molecular weight is 783 g/mol. The van der Waals surface area contributed by atoms with E-state index in [-0.39, 0.29) is 34.4 Å². The number of carboxylic acids is 1. The van der Waals surface area contributed by atoms with Gasteiger partial charge in [0.25, 0.3) is 17.0 Å². The van der Waals surface area contributed by atoms with Crippen LogP contribution in [0.15, 0.2) is 58.4 Å². The van der Waals surface area contributed by atoms with Gasteiger partial charge in [0.15, 0.2) is 10.3 Å². The largest absolute Gasteiger partial charge is 0.478 e. The lowest BCUT2D eigenvalue weighted by atomic mass is 9.99. The summed E-state index contributed by atoms with van der Waals surface area (Å²) in [6.45, 7) is 9.53. The first-order valence-corrected chi connectivity index (χ1v) is 20.3. The van der Waals surface area contributed by atoms with Crippen molar-refractivity contribution in [2.45, 2.75) is 104 Å². The number of benzene rings is 2. The van der Waals surface area contributed by atoms with Crippen molar-refractivity contribution in [2.75, 3.05) is 11.1 Å². The predicted molar refractivity (Wildman–Crippen MR) is 219 cm³/mol. The number of amides is 1. The van der Waals surface area contributed by atoms with Crippen molar-refractivity contribution < 1.29 is 14.7 Å². The summed E-state index contributed by atoms with van der Waals surface area (Å²) in [5.74, 6) is 0.829. The number of nitrogens with two attached hydrogens (primary N) is 1. The number of carbonyl (C=O) groups is 2. The van der Waals surface area contributed by atoms with E-state index in [1.807, 2.05) is 18.4 Å². The van der Waals surface area contributed by atoms with Crippen LogP contribution in [0.2, 0.25) is 0 Å². The molecule has 2 unspecified atom stereocenters. The van der Waals surface area contributed by atoms with Crippen LogP contribution >= 0.6 is 22.7 Å². The smallest absolute Gasteiger partial charge is 0.335 e. The molecule has 13 nitrogen and oxygen atoms in total. The molecular formula is C40H46N8O5S2. The van der Waals surface area contributed by atoms with E-state index in [4.69, 9.17) is 15.8 Å². The minimum Gasteiger partial charge on any atom is -0.478 e. The number of carboxylic acid groups (broad SMARTS) is 1. The number of nitrogens with zero attached hydrogens (tertiary/aromatic N) is 6. The zero-order chi connectivity index (χ0) is 39.2. The highest BCUT2D eigenvalue weighted by atomic mass is 32.1. The van der Waals surface area contributed by atoms with Crippen LogP contribution in [-0.4, -0.2) is 46.1 Å². The molecule has 2 aliphatic rings. The number of fused-ring (bicyclic) bond motifs is 4. The van der Waals surface area contributed by atoms with Crippen molar-refractivity contribution in [2.24, 2.45) is 0 Å². The maximum Gasteiger partial charge on any atom is 0.335 e. The molecule has 0 fully saturated rings. The van der Waals surface area contributed by atoms with Crippen LogP contribution in [0.25, 0.3) is 21.8 Å². The minimum absolute atomic E-state index is 0.00810. The molecule has 2 aliphatic heterocycles. The van der Waals surface area contributed by atoms with Gasteiger partial charge in [-0.3, -0.25) is 28.8 Å². The lowest BCUT2D eigenvalue weighted by Gasteiger charge is -2.21. The Bertz CT molecular complexity index is 2450. The lowest BCUT2D eigenvalue weighted by Crippen LogP contribution is -2.28. The number of hydrogen-bond donors (Lipinski definition) is 3. The van der Waals surface area contributed by atoms with Crippen molar-refractivity contribution in [3.05, 3.63) is 102 Å². The third kappa shape index (κ3) is 9.34. The van der Waals surface area contributed by atoms with Crippen molar-refractivity contribution >= 4 is 66.6 Å². The number of carbonyl (C=O) groups excluding carboxylic acids is 1. The first-order valence-electron chi connectivity index (χ1n) is 18.6. The maximum absolute atomic E-state index is 13.0. The van der Waals surface area contributed by atoms with Crippen LogP contribution in [0.4, 0.5) is 10.3 Å². The summed E-state index contributed by atoms with van der Waals surface area (Å²) in [6, 6.07) is 9.63. The second-order valence-corrected chi connectivity index (χ2v) is 16.7. The average Bonchev–Trinajstić information content (AvgIpc) is 3.75. The molecule has 6 heterocycles. The first-order chi connectivity index (χ1) is 26.4. The van der Waals surface area contributed by atoms with E-state index in [0.717, 1.165) is 72.8 Å². The number of aryl methyl sites for hydroxylation is 2. The predicted octanol–water partition coefficient (Wildman–Crippen LogP) is 7.90. The summed E-state index contributed by atoms with van der Waals surface area (Å²) < 4.78 is 3.59. The second-order valence-electron chi connectivity index (χ2n) is 14.2. The Labute approximate surface area is 326 Å². The first kappa shape index (κ1) is 39.4. The van der Waals surface area contributed by atoms with Crippen LogP contribution in [0.1, 0.15) is 119 Å². The topological polar surface area (TPSA) is 188 Å². The lowest BCUT2D eigenvalue weighted by molar-refractivity contribution is 0.0696. The molecule has 2 atom stereocenters. The van der Waals surface area contributed by atoms with Crippen LogP contribution < -0.4 is 22.2 Å². The number of nitrogens with one attached hydrogen (secondary N) is 1. The van der Waals surface area contributed by atoms with E-state index >= 15 is 0 Å². The Morgan fingerprint density at radius 3 is 1.71 bits per heavy atom. The van der Waals surface area contributed by atoms with E-state index in [2.05, 4.69) is 34.1 Å². The van der Waals surface area contributed by atoms with Gasteiger partial charge < -0.3 is 10.8 Å². The normalized spacial score (nSPS) is 16.8. The summed E-state index contributed by atoms with van der Waals surface area (Å²) in [6.07, 6.45) is 12.1. The zero-order valence-corrected chi connectivity index (χ0v) is 33.1. The third-order valence-electron chi connectivity index (χ3n) is 9.88. The molecule has 2 aromatic carbocycles. The van der Waals surface area contributed by atoms with Gasteiger partial charge in [-0.05, 0) is 75.9 Å². The number of nitrogen functional groups attached to an aromatic ring is 1. The quantitative estimate of drug-likeness (QED) is 0.159. The molecule has 4 N–H and O–H groups in total. The summed E-state index contributed by atoms with van der Waals surface area (Å²) in [7, 11) is 0. The van der Waals surface area contributed by atoms with E-state index < -0.39 is 5.97 Å².